The first kappa shape index (κ1) is 13.8. The third kappa shape index (κ3) is 2.86. The van der Waals surface area contributed by atoms with Crippen molar-refractivity contribution >= 4 is 0 Å². The van der Waals surface area contributed by atoms with Crippen LogP contribution in [0.2, 0.25) is 0 Å². The molecule has 0 fully saturated rings. The fourth-order valence-corrected chi connectivity index (χ4v) is 2.32. The number of nitrogens with two attached hydrogens (primary N) is 1. The van der Waals surface area contributed by atoms with Crippen molar-refractivity contribution in [3.63, 3.8) is 0 Å². The summed E-state index contributed by atoms with van der Waals surface area (Å²) in [4.78, 5) is 0. The molecule has 0 bridgehead atoms. The van der Waals surface area contributed by atoms with Gasteiger partial charge in [-0.25, -0.2) is 0 Å². The van der Waals surface area contributed by atoms with Crippen LogP contribution in [-0.2, 0) is 0 Å². The van der Waals surface area contributed by atoms with Gasteiger partial charge in [0.15, 0.2) is 0 Å². The largest absolute Gasteiger partial charge is 0.388 e. The lowest BCUT2D eigenvalue weighted by atomic mass is 9.74. The second-order valence-corrected chi connectivity index (χ2v) is 5.52. The van der Waals surface area contributed by atoms with Crippen molar-refractivity contribution in [1.82, 2.24) is 0 Å². The van der Waals surface area contributed by atoms with Crippen molar-refractivity contribution in [1.29, 1.82) is 0 Å². The van der Waals surface area contributed by atoms with Gasteiger partial charge in [0, 0.05) is 11.5 Å². The topological polar surface area (TPSA) is 46.2 Å². The Morgan fingerprint density at radius 3 is 1.74 bits per heavy atom. The minimum absolute atomic E-state index is 0.219. The Labute approximate surface area is 114 Å². The Hall–Kier alpha value is -1.64. The van der Waals surface area contributed by atoms with E-state index in [4.69, 9.17) is 5.73 Å². The molecule has 2 aromatic carbocycles. The van der Waals surface area contributed by atoms with Crippen molar-refractivity contribution in [2.75, 3.05) is 0 Å². The first-order valence-corrected chi connectivity index (χ1v) is 6.57. The van der Waals surface area contributed by atoms with Gasteiger partial charge in [0.2, 0.25) is 0 Å². The van der Waals surface area contributed by atoms with Gasteiger partial charge >= 0.3 is 0 Å². The summed E-state index contributed by atoms with van der Waals surface area (Å²) in [5, 5.41) is 10.6. The average molecular weight is 255 g/mol. The van der Waals surface area contributed by atoms with Crippen molar-refractivity contribution in [3.8, 4) is 0 Å². The van der Waals surface area contributed by atoms with Crippen molar-refractivity contribution in [2.24, 2.45) is 11.1 Å². The number of aliphatic hydroxyl groups excluding tert-OH is 1. The molecule has 3 N–H and O–H groups in total. The molecule has 0 amide bonds. The lowest BCUT2D eigenvalue weighted by Gasteiger charge is -2.36. The van der Waals surface area contributed by atoms with E-state index in [9.17, 15) is 5.11 Å². The van der Waals surface area contributed by atoms with Gasteiger partial charge in [-0.2, -0.15) is 0 Å². The molecule has 0 aliphatic carbocycles. The highest BCUT2D eigenvalue weighted by Crippen LogP contribution is 2.42. The van der Waals surface area contributed by atoms with Gasteiger partial charge in [-0.05, 0) is 11.1 Å². The molecule has 19 heavy (non-hydrogen) atoms. The van der Waals surface area contributed by atoms with Crippen LogP contribution in [0, 0.1) is 5.41 Å². The fraction of sp³-hybridized carbons (Fsp3) is 0.294. The minimum Gasteiger partial charge on any atom is -0.388 e. The van der Waals surface area contributed by atoms with E-state index in [0.29, 0.717) is 0 Å². The standard InChI is InChI=1S/C17H21NO/c1-17(2,15(18)13-9-5-3-6-10-13)16(19)14-11-7-4-8-12-14/h3-12,15-16,19H,18H2,1-2H3/t15-,16+/m1/s1. The maximum atomic E-state index is 10.6. The minimum atomic E-state index is -0.594. The number of aliphatic hydroxyl groups is 1. The quantitative estimate of drug-likeness (QED) is 0.879. The van der Waals surface area contributed by atoms with E-state index in [1.165, 1.54) is 0 Å². The zero-order valence-electron chi connectivity index (χ0n) is 11.5. The molecule has 0 heterocycles. The molecule has 2 heteroatoms. The summed E-state index contributed by atoms with van der Waals surface area (Å²) in [5.41, 5.74) is 7.85. The molecule has 0 unspecified atom stereocenters. The van der Waals surface area contributed by atoms with Crippen molar-refractivity contribution < 1.29 is 5.11 Å². The lowest BCUT2D eigenvalue weighted by molar-refractivity contribution is 0.0297. The van der Waals surface area contributed by atoms with Gasteiger partial charge in [-0.3, -0.25) is 0 Å². The van der Waals surface area contributed by atoms with Crippen molar-refractivity contribution in [2.45, 2.75) is 26.0 Å². The van der Waals surface area contributed by atoms with E-state index in [2.05, 4.69) is 0 Å². The molecule has 100 valence electrons. The molecule has 2 aromatic rings. The summed E-state index contributed by atoms with van der Waals surface area (Å²) in [6, 6.07) is 19.4. The van der Waals surface area contributed by atoms with Gasteiger partial charge in [-0.15, -0.1) is 0 Å². The van der Waals surface area contributed by atoms with E-state index in [1.807, 2.05) is 74.5 Å². The van der Waals surface area contributed by atoms with Gasteiger partial charge in [-0.1, -0.05) is 74.5 Å². The monoisotopic (exact) mass is 255 g/mol. The van der Waals surface area contributed by atoms with E-state index < -0.39 is 11.5 Å². The molecule has 0 aliphatic heterocycles. The van der Waals surface area contributed by atoms with E-state index in [-0.39, 0.29) is 6.04 Å². The third-order valence-electron chi connectivity index (χ3n) is 3.78. The molecule has 2 nitrogen and oxygen atoms in total. The predicted octanol–water partition coefficient (Wildman–Crippen LogP) is 3.45. The maximum absolute atomic E-state index is 10.6. The molecule has 0 saturated carbocycles. The van der Waals surface area contributed by atoms with E-state index in [0.717, 1.165) is 11.1 Å². The summed E-state index contributed by atoms with van der Waals surface area (Å²) < 4.78 is 0. The first-order chi connectivity index (χ1) is 9.03. The molecule has 2 atom stereocenters. The predicted molar refractivity (Wildman–Crippen MR) is 78.6 cm³/mol. The van der Waals surface area contributed by atoms with E-state index >= 15 is 0 Å². The summed E-state index contributed by atoms with van der Waals surface area (Å²) in [5.74, 6) is 0. The molecule has 2 rings (SSSR count). The van der Waals surface area contributed by atoms with Crippen LogP contribution < -0.4 is 5.73 Å². The van der Waals surface area contributed by atoms with Gasteiger partial charge in [0.25, 0.3) is 0 Å². The van der Waals surface area contributed by atoms with Crippen LogP contribution in [0.4, 0.5) is 0 Å². The molecule has 0 saturated heterocycles. The van der Waals surface area contributed by atoms with Gasteiger partial charge in [0.1, 0.15) is 0 Å². The second-order valence-electron chi connectivity index (χ2n) is 5.52. The van der Waals surface area contributed by atoms with E-state index in [1.54, 1.807) is 0 Å². The molecule has 0 spiro atoms. The molecule has 0 radical (unpaired) electrons. The van der Waals surface area contributed by atoms with Crippen LogP contribution in [0.3, 0.4) is 0 Å². The Bertz CT molecular complexity index is 460. The second kappa shape index (κ2) is 5.55. The third-order valence-corrected chi connectivity index (χ3v) is 3.78. The number of benzene rings is 2. The zero-order valence-corrected chi connectivity index (χ0v) is 11.5. The highest BCUT2D eigenvalue weighted by molar-refractivity contribution is 5.25. The summed E-state index contributed by atoms with van der Waals surface area (Å²) in [6.07, 6.45) is -0.594. The first-order valence-electron chi connectivity index (χ1n) is 6.57. The van der Waals surface area contributed by atoms with Gasteiger partial charge in [0.05, 0.1) is 6.10 Å². The number of hydrogen-bond acceptors (Lipinski definition) is 2. The average Bonchev–Trinajstić information content (AvgIpc) is 2.47. The Balaban J connectivity index is 2.27. The normalized spacial score (nSPS) is 14.9. The van der Waals surface area contributed by atoms with Crippen LogP contribution >= 0.6 is 0 Å². The summed E-state index contributed by atoms with van der Waals surface area (Å²) >= 11 is 0. The SMILES string of the molecule is CC(C)([C@H](N)c1ccccc1)[C@@H](O)c1ccccc1. The summed E-state index contributed by atoms with van der Waals surface area (Å²) in [6.45, 7) is 4.00. The number of hydrogen-bond donors (Lipinski definition) is 2. The Morgan fingerprint density at radius 1 is 0.842 bits per heavy atom. The summed E-state index contributed by atoms with van der Waals surface area (Å²) in [7, 11) is 0. The van der Waals surface area contributed by atoms with Gasteiger partial charge < -0.3 is 10.8 Å². The molecule has 0 aromatic heterocycles. The van der Waals surface area contributed by atoms with Crippen LogP contribution in [0.5, 0.6) is 0 Å². The highest BCUT2D eigenvalue weighted by Gasteiger charge is 2.35. The van der Waals surface area contributed by atoms with Crippen LogP contribution in [0.25, 0.3) is 0 Å². The highest BCUT2D eigenvalue weighted by atomic mass is 16.3. The maximum Gasteiger partial charge on any atom is 0.0859 e. The lowest BCUT2D eigenvalue weighted by Crippen LogP contribution is -2.34. The molecule has 0 aliphatic rings. The molecular weight excluding hydrogens is 234 g/mol. The zero-order chi connectivity index (χ0) is 13.9. The number of rotatable bonds is 4. The van der Waals surface area contributed by atoms with Crippen molar-refractivity contribution in [3.05, 3.63) is 71.8 Å². The fourth-order valence-electron chi connectivity index (χ4n) is 2.32. The Morgan fingerprint density at radius 2 is 1.26 bits per heavy atom. The van der Waals surface area contributed by atoms with Crippen LogP contribution in [0.15, 0.2) is 60.7 Å². The molecular formula is C17H21NO. The van der Waals surface area contributed by atoms with Crippen LogP contribution in [-0.4, -0.2) is 5.11 Å². The van der Waals surface area contributed by atoms with Crippen LogP contribution in [0.1, 0.15) is 37.1 Å². The Kier molecular flexibility index (Phi) is 4.03. The smallest absolute Gasteiger partial charge is 0.0859 e.